The molecule has 7 amide bonds. The average molecular weight is 1520 g/mol. The number of aliphatic hydroxyl groups excluding tert-OH is 2. The Labute approximate surface area is 624 Å². The Kier molecular flexibility index (Phi) is 35.6. The third kappa shape index (κ3) is 26.9. The van der Waals surface area contributed by atoms with Crippen LogP contribution in [-0.4, -0.2) is 316 Å². The molecule has 1 atom stereocenters. The number of piperazine rings is 1. The molecule has 1 saturated heterocycles. The van der Waals surface area contributed by atoms with Crippen molar-refractivity contribution >= 4 is 75.3 Å². The predicted octanol–water partition coefficient (Wildman–Crippen LogP) is 0.330. The first-order valence-electron chi connectivity index (χ1n) is 36.0. The van der Waals surface area contributed by atoms with Gasteiger partial charge < -0.3 is 97.9 Å². The number of anilines is 2. The van der Waals surface area contributed by atoms with Gasteiger partial charge in [0.25, 0.3) is 23.6 Å². The van der Waals surface area contributed by atoms with Gasteiger partial charge in [-0.15, -0.1) is 0 Å². The molecule has 108 heavy (non-hydrogen) atoms. The average Bonchev–Trinajstić information content (AvgIpc) is 1.62. The molecule has 37 heteroatoms. The van der Waals surface area contributed by atoms with Crippen LogP contribution in [-0.2, 0) is 87.9 Å². The lowest BCUT2D eigenvalue weighted by molar-refractivity contribution is -0.141. The van der Waals surface area contributed by atoms with E-state index in [9.17, 15) is 43.8 Å². The van der Waals surface area contributed by atoms with Crippen molar-refractivity contribution in [2.45, 2.75) is 59.5 Å². The zero-order valence-electron chi connectivity index (χ0n) is 61.8. The van der Waals surface area contributed by atoms with Crippen LogP contribution in [0.5, 0.6) is 11.5 Å². The summed E-state index contributed by atoms with van der Waals surface area (Å²) in [4.78, 5) is 103. The van der Waals surface area contributed by atoms with E-state index in [-0.39, 0.29) is 85.9 Å². The summed E-state index contributed by atoms with van der Waals surface area (Å²) in [6.07, 6.45) is 5.34. The Morgan fingerprint density at radius 3 is 1.39 bits per heavy atom. The maximum Gasteiger partial charge on any atom is 0.276 e. The Morgan fingerprint density at radius 2 is 0.954 bits per heavy atom. The van der Waals surface area contributed by atoms with Crippen LogP contribution >= 0.6 is 0 Å². The second kappa shape index (κ2) is 45.6. The predicted molar refractivity (Wildman–Crippen MR) is 391 cm³/mol. The zero-order valence-corrected chi connectivity index (χ0v) is 61.8. The normalized spacial score (nSPS) is 13.8. The number of methoxy groups -OCH3 is 1. The monoisotopic (exact) mass is 1510 g/mol. The minimum atomic E-state index is -1.18. The summed E-state index contributed by atoms with van der Waals surface area (Å²) in [5, 5.41) is 37.0. The fraction of sp³-hybridized carbons (Fsp3) is 0.563. The van der Waals surface area contributed by atoms with E-state index in [1.54, 1.807) is 51.9 Å². The Bertz CT molecular complexity index is 3920. The van der Waals surface area contributed by atoms with E-state index < -0.39 is 54.1 Å². The number of amides is 7. The molecule has 6 aromatic rings. The number of aliphatic hydroxyl groups is 2. The second-order valence-corrected chi connectivity index (χ2v) is 24.7. The maximum atomic E-state index is 14.1. The number of carbonyl (C=O) groups excluding carboxylic acids is 7. The van der Waals surface area contributed by atoms with Gasteiger partial charge in [-0.3, -0.25) is 63.4 Å². The van der Waals surface area contributed by atoms with Crippen LogP contribution in [0.1, 0.15) is 66.4 Å². The smallest absolute Gasteiger partial charge is 0.276 e. The van der Waals surface area contributed by atoms with Crippen LogP contribution < -0.4 is 36.9 Å². The molecule has 9 N–H and O–H groups in total. The van der Waals surface area contributed by atoms with Crippen LogP contribution in [0.2, 0.25) is 0 Å². The molecule has 2 aliphatic heterocycles. The summed E-state index contributed by atoms with van der Waals surface area (Å²) in [5.74, 6) is -3.20. The van der Waals surface area contributed by atoms with E-state index in [0.717, 1.165) is 56.3 Å². The van der Waals surface area contributed by atoms with Crippen molar-refractivity contribution in [3.8, 4) is 11.5 Å². The third-order valence-corrected chi connectivity index (χ3v) is 16.8. The first kappa shape index (κ1) is 84.4. The summed E-state index contributed by atoms with van der Waals surface area (Å²) < 4.78 is 74.3. The molecule has 592 valence electrons. The molecule has 1 fully saturated rings. The second-order valence-electron chi connectivity index (χ2n) is 24.7. The lowest BCUT2D eigenvalue weighted by Crippen LogP contribution is -2.47. The van der Waals surface area contributed by atoms with Gasteiger partial charge in [-0.2, -0.15) is 10.2 Å². The van der Waals surface area contributed by atoms with Crippen molar-refractivity contribution in [2.24, 2.45) is 11.5 Å². The van der Waals surface area contributed by atoms with Crippen molar-refractivity contribution in [2.75, 3.05) is 215 Å². The molecule has 8 rings (SSSR count). The fourth-order valence-corrected chi connectivity index (χ4v) is 11.4. The summed E-state index contributed by atoms with van der Waals surface area (Å²) in [6.45, 7) is 18.9. The zero-order chi connectivity index (χ0) is 77.0. The highest BCUT2D eigenvalue weighted by Crippen LogP contribution is 2.33. The van der Waals surface area contributed by atoms with Crippen LogP contribution in [0.3, 0.4) is 0 Å². The van der Waals surface area contributed by atoms with Crippen LogP contribution in [0.4, 0.5) is 11.9 Å². The molecule has 0 unspecified atom stereocenters. The summed E-state index contributed by atoms with van der Waals surface area (Å²) >= 11 is 0. The SMILES string of the molecule is CCn1nc(C)cc1C(=O)Nc1nc2cc(C(N)=O)cc(OCCCN3CCN(CCOCCOCCOCCOCCOCCOCCOCCOCCOCCOCCNC(=O)CN4C(=O)C=CC4=O)CC3)c2n1C/C=C/Cn1c(NC(=O)c2cc(C)nn2C[C@H](O)CO)nc2cc(C(N)=O)cc(OC)c21. The lowest BCUT2D eigenvalue weighted by Gasteiger charge is -2.34. The number of imide groups is 1. The van der Waals surface area contributed by atoms with Crippen molar-refractivity contribution < 1.29 is 101 Å². The molecule has 0 bridgehead atoms. The van der Waals surface area contributed by atoms with Crippen molar-refractivity contribution in [3.05, 3.63) is 94.6 Å². The van der Waals surface area contributed by atoms with Gasteiger partial charge >= 0.3 is 0 Å². The number of primary amides is 2. The molecular formula is C71H102N16O21. The maximum absolute atomic E-state index is 14.1. The summed E-state index contributed by atoms with van der Waals surface area (Å²) in [6, 6.07) is 9.29. The number of aryl methyl sites for hydroxylation is 3. The number of carbonyl (C=O) groups is 7. The van der Waals surface area contributed by atoms with Crippen LogP contribution in [0.15, 0.2) is 60.7 Å². The lowest BCUT2D eigenvalue weighted by atomic mass is 10.1. The quantitative estimate of drug-likeness (QED) is 0.0154. The number of hydrogen-bond acceptors (Lipinski definition) is 27. The van der Waals surface area contributed by atoms with Crippen molar-refractivity contribution in [1.29, 1.82) is 0 Å². The number of benzene rings is 2. The Morgan fingerprint density at radius 1 is 0.546 bits per heavy atom. The molecular weight excluding hydrogens is 1410 g/mol. The molecule has 2 aromatic carbocycles. The highest BCUT2D eigenvalue weighted by Gasteiger charge is 2.28. The van der Waals surface area contributed by atoms with Gasteiger partial charge in [0.1, 0.15) is 40.5 Å². The number of aromatic nitrogens is 8. The minimum Gasteiger partial charge on any atom is -0.494 e. The molecule has 4 aromatic heterocycles. The first-order valence-corrected chi connectivity index (χ1v) is 36.0. The molecule has 0 saturated carbocycles. The van der Waals surface area contributed by atoms with E-state index in [4.69, 9.17) is 78.3 Å². The number of fused-ring (bicyclic) bond motifs is 2. The van der Waals surface area contributed by atoms with Crippen molar-refractivity contribution in [3.63, 3.8) is 0 Å². The number of ether oxygens (including phenoxy) is 12. The number of allylic oxidation sites excluding steroid dienone is 2. The molecule has 0 radical (unpaired) electrons. The Balaban J connectivity index is 0.677. The van der Waals surface area contributed by atoms with E-state index in [2.05, 4.69) is 35.9 Å². The van der Waals surface area contributed by atoms with E-state index in [1.807, 2.05) is 13.0 Å². The summed E-state index contributed by atoms with van der Waals surface area (Å²) in [7, 11) is 1.43. The molecule has 2 aliphatic rings. The van der Waals surface area contributed by atoms with Gasteiger partial charge in [0, 0.05) is 88.7 Å². The van der Waals surface area contributed by atoms with E-state index in [0.29, 0.717) is 178 Å². The van der Waals surface area contributed by atoms with Gasteiger partial charge in [-0.1, -0.05) is 12.2 Å². The van der Waals surface area contributed by atoms with E-state index in [1.165, 1.54) is 30.0 Å². The van der Waals surface area contributed by atoms with Gasteiger partial charge in [-0.05, 0) is 63.6 Å². The summed E-state index contributed by atoms with van der Waals surface area (Å²) in [5.41, 5.74) is 14.9. The fourth-order valence-electron chi connectivity index (χ4n) is 11.4. The number of imidazole rings is 2. The number of rotatable bonds is 55. The highest BCUT2D eigenvalue weighted by atomic mass is 16.6. The standard InChI is InChI=1S/C71H102N16O21/c1-5-86-57(41-50(2)79-86)68(95)77-71-76-56-44-53(67(73)94)46-60(65(56)84(71)14-7-6-13-83-64-55(43-52(66(72)93)45-59(64)97-4)75-70(83)78-69(96)58-42-51(3)80-87(58)47-54(89)49-88)108-20-8-12-81-15-17-82(18-16-81)19-22-99-24-26-101-28-30-103-32-34-105-36-38-107-40-39-106-37-35-104-33-31-102-29-27-100-25-23-98-21-11-74-61(90)48-85-62(91)9-10-63(85)92/h6-7,9-10,41-46,54,88-89H,5,8,11-40,47-49H2,1-4H3,(H2,72,93)(H2,73,94)(H,74,90)(H,75,78,96)(H,76,77,95)/b7-6+/t54-/m0/s1. The third-order valence-electron chi connectivity index (χ3n) is 16.8. The van der Waals surface area contributed by atoms with Gasteiger partial charge in [0.05, 0.1) is 188 Å². The highest BCUT2D eigenvalue weighted by molar-refractivity contribution is 6.14. The Hall–Kier alpha value is -9.19. The first-order chi connectivity index (χ1) is 52.4. The molecule has 0 aliphatic carbocycles. The van der Waals surface area contributed by atoms with Crippen molar-refractivity contribution in [1.82, 2.24) is 58.7 Å². The molecule has 0 spiro atoms. The minimum absolute atomic E-state index is 0.0648. The van der Waals surface area contributed by atoms with Crippen LogP contribution in [0, 0.1) is 13.8 Å². The van der Waals surface area contributed by atoms with Gasteiger partial charge in [-0.25, -0.2) is 9.97 Å². The number of hydrogen-bond donors (Lipinski definition) is 7. The topological polar surface area (TPSA) is 440 Å². The molecule has 37 nitrogen and oxygen atoms in total. The number of nitrogens with two attached hydrogens (primary N) is 2. The van der Waals surface area contributed by atoms with Crippen LogP contribution in [0.25, 0.3) is 22.1 Å². The van der Waals surface area contributed by atoms with Gasteiger partial charge in [0.15, 0.2) is 0 Å². The number of nitrogens with one attached hydrogen (secondary N) is 3. The largest absolute Gasteiger partial charge is 0.494 e. The molecule has 6 heterocycles. The number of nitrogens with zero attached hydrogens (tertiary/aromatic N) is 11. The van der Waals surface area contributed by atoms with E-state index >= 15 is 0 Å². The van der Waals surface area contributed by atoms with Gasteiger partial charge in [0.2, 0.25) is 29.6 Å².